The van der Waals surface area contributed by atoms with E-state index in [1.165, 1.54) is 16.8 Å². The van der Waals surface area contributed by atoms with Crippen molar-refractivity contribution in [3.05, 3.63) is 101 Å². The highest BCUT2D eigenvalue weighted by Crippen LogP contribution is 2.25. The third-order valence-electron chi connectivity index (χ3n) is 5.13. The van der Waals surface area contributed by atoms with E-state index in [-0.39, 0.29) is 17.2 Å². The van der Waals surface area contributed by atoms with Crippen molar-refractivity contribution in [3.63, 3.8) is 0 Å². The Labute approximate surface area is 186 Å². The fraction of sp³-hybridized carbons (Fsp3) is 0.200. The van der Waals surface area contributed by atoms with E-state index in [0.717, 1.165) is 28.9 Å². The summed E-state index contributed by atoms with van der Waals surface area (Å²) in [5.74, 6) is -0.249. The van der Waals surface area contributed by atoms with Crippen molar-refractivity contribution in [2.45, 2.75) is 26.4 Å². The summed E-state index contributed by atoms with van der Waals surface area (Å²) in [5, 5.41) is 9.05. The van der Waals surface area contributed by atoms with Gasteiger partial charge in [-0.3, -0.25) is 9.59 Å². The third kappa shape index (κ3) is 4.51. The molecule has 4 rings (SSSR count). The van der Waals surface area contributed by atoms with Gasteiger partial charge in [-0.1, -0.05) is 55.5 Å². The van der Waals surface area contributed by atoms with E-state index in [0.29, 0.717) is 13.1 Å². The minimum absolute atomic E-state index is 0.207. The molecule has 7 heteroatoms. The molecule has 2 aromatic carbocycles. The molecular formula is C25H25N5O2. The second-order valence-corrected chi connectivity index (χ2v) is 7.59. The number of aryl methyl sites for hydroxylation is 1. The summed E-state index contributed by atoms with van der Waals surface area (Å²) in [5.41, 5.74) is 3.69. The Morgan fingerprint density at radius 1 is 0.938 bits per heavy atom. The van der Waals surface area contributed by atoms with Crippen LogP contribution in [0.5, 0.6) is 0 Å². The first kappa shape index (κ1) is 21.2. The number of para-hydroxylation sites is 1. The Kier molecular flexibility index (Phi) is 6.26. The van der Waals surface area contributed by atoms with Gasteiger partial charge in [0, 0.05) is 43.5 Å². The molecule has 0 spiro atoms. The van der Waals surface area contributed by atoms with Crippen LogP contribution in [-0.4, -0.2) is 37.4 Å². The standard InChI is InChI=1S/C25H25N5O2/c1-3-16-29-23(31)15-14-22(26-29)25(32)28(2)17-20-18-30(21-12-8-5-9-13-21)27-24(20)19-10-6-4-7-11-19/h4-15,18H,3,16-17H2,1-2H3. The highest BCUT2D eigenvalue weighted by atomic mass is 16.2. The molecule has 1 amide bonds. The number of rotatable bonds is 7. The average Bonchev–Trinajstić information content (AvgIpc) is 3.25. The first-order chi connectivity index (χ1) is 15.6. The Hall–Kier alpha value is -4.00. The summed E-state index contributed by atoms with van der Waals surface area (Å²) in [7, 11) is 1.73. The Morgan fingerprint density at radius 3 is 2.31 bits per heavy atom. The second kappa shape index (κ2) is 9.43. The average molecular weight is 428 g/mol. The van der Waals surface area contributed by atoms with Crippen LogP contribution in [-0.2, 0) is 13.1 Å². The number of hydrogen-bond donors (Lipinski definition) is 0. The van der Waals surface area contributed by atoms with Crippen LogP contribution in [0.2, 0.25) is 0 Å². The van der Waals surface area contributed by atoms with Gasteiger partial charge in [-0.15, -0.1) is 0 Å². The maximum atomic E-state index is 13.1. The predicted octanol–water partition coefficient (Wildman–Crippen LogP) is 3.78. The number of amides is 1. The van der Waals surface area contributed by atoms with Crippen LogP contribution in [0.3, 0.4) is 0 Å². The van der Waals surface area contributed by atoms with Gasteiger partial charge >= 0.3 is 0 Å². The molecule has 0 radical (unpaired) electrons. The fourth-order valence-corrected chi connectivity index (χ4v) is 3.54. The van der Waals surface area contributed by atoms with Gasteiger partial charge in [-0.2, -0.15) is 10.2 Å². The molecule has 2 aromatic heterocycles. The molecule has 0 aliphatic carbocycles. The third-order valence-corrected chi connectivity index (χ3v) is 5.13. The number of carbonyl (C=O) groups excluding carboxylic acids is 1. The summed E-state index contributed by atoms with van der Waals surface area (Å²) in [6.07, 6.45) is 2.71. The minimum Gasteiger partial charge on any atom is -0.336 e. The van der Waals surface area contributed by atoms with Gasteiger partial charge < -0.3 is 4.90 Å². The minimum atomic E-state index is -0.249. The Morgan fingerprint density at radius 2 is 1.62 bits per heavy atom. The molecule has 0 saturated heterocycles. The quantitative estimate of drug-likeness (QED) is 0.450. The highest BCUT2D eigenvalue weighted by Gasteiger charge is 2.19. The van der Waals surface area contributed by atoms with Crippen molar-refractivity contribution in [2.75, 3.05) is 7.05 Å². The number of carbonyl (C=O) groups is 1. The largest absolute Gasteiger partial charge is 0.336 e. The lowest BCUT2D eigenvalue weighted by Gasteiger charge is -2.17. The molecule has 32 heavy (non-hydrogen) atoms. The summed E-state index contributed by atoms with van der Waals surface area (Å²) >= 11 is 0. The van der Waals surface area contributed by atoms with Crippen molar-refractivity contribution in [2.24, 2.45) is 0 Å². The molecule has 0 atom stereocenters. The van der Waals surface area contributed by atoms with E-state index < -0.39 is 0 Å². The van der Waals surface area contributed by atoms with Gasteiger partial charge in [0.25, 0.3) is 11.5 Å². The zero-order chi connectivity index (χ0) is 22.5. The molecule has 4 aromatic rings. The molecule has 2 heterocycles. The maximum Gasteiger partial charge on any atom is 0.274 e. The molecule has 0 aliphatic rings. The van der Waals surface area contributed by atoms with Gasteiger partial charge in [0.15, 0.2) is 0 Å². The zero-order valence-corrected chi connectivity index (χ0v) is 18.2. The van der Waals surface area contributed by atoms with Crippen molar-refractivity contribution >= 4 is 5.91 Å². The van der Waals surface area contributed by atoms with Crippen LogP contribution in [0.1, 0.15) is 29.4 Å². The lowest BCUT2D eigenvalue weighted by Crippen LogP contribution is -2.31. The van der Waals surface area contributed by atoms with Crippen molar-refractivity contribution < 1.29 is 4.79 Å². The molecule has 0 unspecified atom stereocenters. The van der Waals surface area contributed by atoms with Gasteiger partial charge in [-0.05, 0) is 24.6 Å². The molecule has 0 fully saturated rings. The molecule has 0 bridgehead atoms. The van der Waals surface area contributed by atoms with Crippen LogP contribution >= 0.6 is 0 Å². The van der Waals surface area contributed by atoms with Crippen LogP contribution < -0.4 is 5.56 Å². The first-order valence-electron chi connectivity index (χ1n) is 10.6. The lowest BCUT2D eigenvalue weighted by molar-refractivity contribution is 0.0776. The monoisotopic (exact) mass is 427 g/mol. The molecule has 0 saturated carbocycles. The van der Waals surface area contributed by atoms with Crippen LogP contribution in [0.25, 0.3) is 16.9 Å². The predicted molar refractivity (Wildman–Crippen MR) is 124 cm³/mol. The Bertz CT molecular complexity index is 1260. The fourth-order valence-electron chi connectivity index (χ4n) is 3.54. The van der Waals surface area contributed by atoms with E-state index in [9.17, 15) is 9.59 Å². The number of benzene rings is 2. The van der Waals surface area contributed by atoms with Crippen LogP contribution in [0, 0.1) is 0 Å². The number of hydrogen-bond acceptors (Lipinski definition) is 4. The first-order valence-corrected chi connectivity index (χ1v) is 10.6. The lowest BCUT2D eigenvalue weighted by atomic mass is 10.1. The van der Waals surface area contributed by atoms with Crippen LogP contribution in [0.4, 0.5) is 0 Å². The topological polar surface area (TPSA) is 73.0 Å². The van der Waals surface area contributed by atoms with Crippen molar-refractivity contribution in [1.29, 1.82) is 0 Å². The molecule has 0 N–H and O–H groups in total. The zero-order valence-electron chi connectivity index (χ0n) is 18.2. The van der Waals surface area contributed by atoms with E-state index >= 15 is 0 Å². The highest BCUT2D eigenvalue weighted by molar-refractivity contribution is 5.92. The molecule has 7 nitrogen and oxygen atoms in total. The number of nitrogens with zero attached hydrogens (tertiary/aromatic N) is 5. The Balaban J connectivity index is 1.66. The smallest absolute Gasteiger partial charge is 0.274 e. The van der Waals surface area contributed by atoms with Gasteiger partial charge in [0.2, 0.25) is 0 Å². The second-order valence-electron chi connectivity index (χ2n) is 7.59. The summed E-state index contributed by atoms with van der Waals surface area (Å²) in [6, 6.07) is 22.7. The molecule has 0 aliphatic heterocycles. The normalized spacial score (nSPS) is 10.8. The van der Waals surface area contributed by atoms with Gasteiger partial charge in [-0.25, -0.2) is 9.36 Å². The van der Waals surface area contributed by atoms with Gasteiger partial charge in [0.05, 0.1) is 11.4 Å². The SMILES string of the molecule is CCCn1nc(C(=O)N(C)Cc2cn(-c3ccccc3)nc2-c2ccccc2)ccc1=O. The van der Waals surface area contributed by atoms with E-state index in [1.54, 1.807) is 11.9 Å². The molecular weight excluding hydrogens is 402 g/mol. The summed E-state index contributed by atoms with van der Waals surface area (Å²) in [6.45, 7) is 2.79. The van der Waals surface area contributed by atoms with Crippen LogP contribution in [0.15, 0.2) is 83.8 Å². The van der Waals surface area contributed by atoms with E-state index in [4.69, 9.17) is 5.10 Å². The van der Waals surface area contributed by atoms with E-state index in [1.807, 2.05) is 78.5 Å². The maximum absolute atomic E-state index is 13.1. The summed E-state index contributed by atoms with van der Waals surface area (Å²) < 4.78 is 3.17. The van der Waals surface area contributed by atoms with Crippen molar-refractivity contribution in [3.8, 4) is 16.9 Å². The summed E-state index contributed by atoms with van der Waals surface area (Å²) in [4.78, 5) is 26.6. The number of aromatic nitrogens is 4. The van der Waals surface area contributed by atoms with Crippen molar-refractivity contribution in [1.82, 2.24) is 24.5 Å². The van der Waals surface area contributed by atoms with Gasteiger partial charge in [0.1, 0.15) is 5.69 Å². The van der Waals surface area contributed by atoms with E-state index in [2.05, 4.69) is 5.10 Å². The molecule has 162 valence electrons.